The summed E-state index contributed by atoms with van der Waals surface area (Å²) in [7, 11) is 0. The summed E-state index contributed by atoms with van der Waals surface area (Å²) in [6.07, 6.45) is 3.51. The van der Waals surface area contributed by atoms with Gasteiger partial charge in [0.15, 0.2) is 0 Å². The van der Waals surface area contributed by atoms with Crippen molar-refractivity contribution in [3.63, 3.8) is 0 Å². The van der Waals surface area contributed by atoms with E-state index in [2.05, 4.69) is 31.2 Å². The number of hydrogen-bond donors (Lipinski definition) is 1. The summed E-state index contributed by atoms with van der Waals surface area (Å²) in [5, 5.41) is 9.19. The molecule has 1 aromatic heterocycles. The number of hydrogen-bond acceptors (Lipinski definition) is 2. The van der Waals surface area contributed by atoms with Gasteiger partial charge in [0.05, 0.1) is 17.8 Å². The molecule has 4 nitrogen and oxygen atoms in total. The summed E-state index contributed by atoms with van der Waals surface area (Å²) < 4.78 is 1.82. The van der Waals surface area contributed by atoms with Gasteiger partial charge in [-0.3, -0.25) is 9.48 Å². The number of rotatable bonds is 4. The molecule has 6 heteroatoms. The lowest BCUT2D eigenvalue weighted by Crippen LogP contribution is -2.47. The highest BCUT2D eigenvalue weighted by molar-refractivity contribution is 6.35. The summed E-state index contributed by atoms with van der Waals surface area (Å²) in [4.78, 5) is 13.3. The highest BCUT2D eigenvalue weighted by Crippen LogP contribution is 2.65. The number of carbonyl (C=O) groups excluding carboxylic acids is 1. The van der Waals surface area contributed by atoms with Crippen molar-refractivity contribution in [1.82, 2.24) is 15.1 Å². The van der Waals surface area contributed by atoms with E-state index in [4.69, 9.17) is 23.2 Å². The number of aryl methyl sites for hydroxylation is 1. The van der Waals surface area contributed by atoms with Crippen LogP contribution in [0.5, 0.6) is 0 Å². The molecule has 1 N–H and O–H groups in total. The fourth-order valence-electron chi connectivity index (χ4n) is 5.67. The second-order valence-corrected chi connectivity index (χ2v) is 10.4. The van der Waals surface area contributed by atoms with E-state index in [9.17, 15) is 4.79 Å². The van der Waals surface area contributed by atoms with Crippen molar-refractivity contribution in [1.29, 1.82) is 0 Å². The van der Waals surface area contributed by atoms with Gasteiger partial charge in [-0.1, -0.05) is 50.0 Å². The molecule has 0 spiro atoms. The summed E-state index contributed by atoms with van der Waals surface area (Å²) in [6.45, 7) is 11.3. The number of benzene rings is 1. The predicted molar refractivity (Wildman–Crippen MR) is 118 cm³/mol. The quantitative estimate of drug-likeness (QED) is 0.661. The number of nitrogens with zero attached hydrogens (tertiary/aromatic N) is 2. The lowest BCUT2D eigenvalue weighted by atomic mass is 9.69. The van der Waals surface area contributed by atoms with Crippen LogP contribution in [-0.2, 0) is 6.54 Å². The van der Waals surface area contributed by atoms with Crippen LogP contribution in [0.1, 0.15) is 67.3 Å². The molecule has 0 radical (unpaired) electrons. The van der Waals surface area contributed by atoms with Gasteiger partial charge in [0.1, 0.15) is 0 Å². The van der Waals surface area contributed by atoms with Gasteiger partial charge in [-0.05, 0) is 62.0 Å². The normalized spacial score (nSPS) is 27.4. The van der Waals surface area contributed by atoms with Crippen LogP contribution in [0.15, 0.2) is 18.2 Å². The molecule has 0 aliphatic heterocycles. The Bertz CT molecular complexity index is 960. The van der Waals surface area contributed by atoms with Gasteiger partial charge in [-0.2, -0.15) is 5.10 Å². The van der Waals surface area contributed by atoms with E-state index in [0.29, 0.717) is 28.1 Å². The molecule has 2 aliphatic rings. The molecule has 1 heterocycles. The Morgan fingerprint density at radius 3 is 2.45 bits per heavy atom. The smallest absolute Gasteiger partial charge is 0.255 e. The van der Waals surface area contributed by atoms with Crippen LogP contribution >= 0.6 is 23.2 Å². The molecule has 0 saturated heterocycles. The number of amides is 1. The fraction of sp³-hybridized carbons (Fsp3) is 0.565. The topological polar surface area (TPSA) is 46.9 Å². The zero-order valence-electron chi connectivity index (χ0n) is 17.8. The van der Waals surface area contributed by atoms with E-state index in [1.54, 1.807) is 0 Å². The highest BCUT2D eigenvalue weighted by atomic mass is 35.5. The van der Waals surface area contributed by atoms with Crippen molar-refractivity contribution in [2.24, 2.45) is 16.7 Å². The molecule has 3 atom stereocenters. The minimum Gasteiger partial charge on any atom is -0.349 e. The van der Waals surface area contributed by atoms with Crippen molar-refractivity contribution in [3.8, 4) is 0 Å². The SMILES string of the molecule is Cc1nn(Cc2c(Cl)cccc2Cl)c(C)c1C(=O)N[C@@H]1C[C@@H]2CC[C@]1(C)C2(C)C. The van der Waals surface area contributed by atoms with E-state index in [0.717, 1.165) is 23.4 Å². The standard InChI is InChI=1S/C23H29Cl2N3O/c1-13-20(14(2)28(27-13)12-16-17(24)7-6-8-18(16)25)21(29)26-19-11-15-9-10-23(19,5)22(15,3)4/h6-8,15,19H,9-12H2,1-5H3,(H,26,29)/t15-,19+,23-/m0/s1. The van der Waals surface area contributed by atoms with Crippen molar-refractivity contribution >= 4 is 29.1 Å². The Labute approximate surface area is 183 Å². The van der Waals surface area contributed by atoms with Crippen LogP contribution in [0.25, 0.3) is 0 Å². The first kappa shape index (κ1) is 20.7. The van der Waals surface area contributed by atoms with Crippen LogP contribution in [0.4, 0.5) is 0 Å². The van der Waals surface area contributed by atoms with Gasteiger partial charge in [-0.15, -0.1) is 0 Å². The summed E-state index contributed by atoms with van der Waals surface area (Å²) in [6, 6.07) is 5.68. The Balaban J connectivity index is 1.58. The molecule has 2 saturated carbocycles. The third-order valence-corrected chi connectivity index (χ3v) is 8.79. The van der Waals surface area contributed by atoms with E-state index in [1.807, 2.05) is 36.7 Å². The van der Waals surface area contributed by atoms with Gasteiger partial charge in [-0.25, -0.2) is 0 Å². The van der Waals surface area contributed by atoms with Gasteiger partial charge in [0, 0.05) is 27.3 Å². The van der Waals surface area contributed by atoms with E-state index < -0.39 is 0 Å². The number of nitrogens with one attached hydrogen (secondary N) is 1. The lowest BCUT2D eigenvalue weighted by Gasteiger charge is -2.39. The second kappa shape index (κ2) is 7.02. The second-order valence-electron chi connectivity index (χ2n) is 9.54. The molecule has 0 unspecified atom stereocenters. The maximum absolute atomic E-state index is 13.3. The molecule has 2 bridgehead atoms. The lowest BCUT2D eigenvalue weighted by molar-refractivity contribution is 0.0825. The Morgan fingerprint density at radius 2 is 1.90 bits per heavy atom. The molecule has 1 aromatic carbocycles. The van der Waals surface area contributed by atoms with Crippen LogP contribution in [0.3, 0.4) is 0 Å². The Kier molecular flexibility index (Phi) is 5.02. The van der Waals surface area contributed by atoms with Crippen LogP contribution in [-0.4, -0.2) is 21.7 Å². The molecule has 2 aromatic rings. The van der Waals surface area contributed by atoms with Crippen molar-refractivity contribution < 1.29 is 4.79 Å². The predicted octanol–water partition coefficient (Wildman–Crippen LogP) is 5.80. The number of fused-ring (bicyclic) bond motifs is 2. The summed E-state index contributed by atoms with van der Waals surface area (Å²) in [5.41, 5.74) is 3.46. The summed E-state index contributed by atoms with van der Waals surface area (Å²) >= 11 is 12.7. The van der Waals surface area contributed by atoms with Crippen LogP contribution in [0.2, 0.25) is 10.0 Å². The van der Waals surface area contributed by atoms with E-state index in [-0.39, 0.29) is 22.8 Å². The Hall–Kier alpha value is -1.52. The van der Waals surface area contributed by atoms with Crippen molar-refractivity contribution in [2.45, 2.75) is 66.5 Å². The average molecular weight is 434 g/mol. The first-order chi connectivity index (χ1) is 13.6. The average Bonchev–Trinajstić information content (AvgIpc) is 3.11. The van der Waals surface area contributed by atoms with Gasteiger partial charge < -0.3 is 5.32 Å². The third-order valence-electron chi connectivity index (χ3n) is 8.08. The first-order valence-corrected chi connectivity index (χ1v) is 11.1. The molecular formula is C23H29Cl2N3O. The van der Waals surface area contributed by atoms with Gasteiger partial charge in [0.2, 0.25) is 0 Å². The molecule has 1 amide bonds. The minimum absolute atomic E-state index is 0.0221. The van der Waals surface area contributed by atoms with Gasteiger partial charge in [0.25, 0.3) is 5.91 Å². The number of aromatic nitrogens is 2. The molecule has 2 aliphatic carbocycles. The molecule has 2 fully saturated rings. The largest absolute Gasteiger partial charge is 0.349 e. The molecule has 29 heavy (non-hydrogen) atoms. The van der Waals surface area contributed by atoms with Gasteiger partial charge >= 0.3 is 0 Å². The number of carbonyl (C=O) groups is 1. The fourth-order valence-corrected chi connectivity index (χ4v) is 6.18. The van der Waals surface area contributed by atoms with Crippen LogP contribution in [0, 0.1) is 30.6 Å². The first-order valence-electron chi connectivity index (χ1n) is 10.3. The van der Waals surface area contributed by atoms with Crippen LogP contribution < -0.4 is 5.32 Å². The maximum atomic E-state index is 13.3. The maximum Gasteiger partial charge on any atom is 0.255 e. The minimum atomic E-state index is -0.0221. The van der Waals surface area contributed by atoms with Crippen molar-refractivity contribution in [2.75, 3.05) is 0 Å². The number of halogens is 2. The van der Waals surface area contributed by atoms with E-state index >= 15 is 0 Å². The summed E-state index contributed by atoms with van der Waals surface area (Å²) in [5.74, 6) is 0.663. The highest BCUT2D eigenvalue weighted by Gasteiger charge is 2.61. The third kappa shape index (κ3) is 3.11. The monoisotopic (exact) mass is 433 g/mol. The zero-order valence-corrected chi connectivity index (χ0v) is 19.3. The molecule has 156 valence electrons. The molecule has 4 rings (SSSR count). The molecular weight excluding hydrogens is 405 g/mol. The van der Waals surface area contributed by atoms with Crippen molar-refractivity contribution in [3.05, 3.63) is 50.8 Å². The Morgan fingerprint density at radius 1 is 1.24 bits per heavy atom. The zero-order chi connectivity index (χ0) is 21.1. The van der Waals surface area contributed by atoms with E-state index in [1.165, 1.54) is 12.8 Å².